The van der Waals surface area contributed by atoms with Crippen molar-refractivity contribution < 1.29 is 14.6 Å². The molecular weight excluding hydrogens is 404 g/mol. The summed E-state index contributed by atoms with van der Waals surface area (Å²) < 4.78 is 7.42. The third-order valence-electron chi connectivity index (χ3n) is 7.36. The second kappa shape index (κ2) is 9.24. The Morgan fingerprint density at radius 2 is 2.03 bits per heavy atom. The highest BCUT2D eigenvalue weighted by atomic mass is 16.5. The monoisotopic (exact) mass is 438 g/mol. The Morgan fingerprint density at radius 3 is 2.81 bits per heavy atom. The molecule has 2 aromatic rings. The molecule has 7 nitrogen and oxygen atoms in total. The number of aromatic nitrogens is 2. The molecule has 0 bridgehead atoms. The number of aliphatic hydroxyl groups is 1. The van der Waals surface area contributed by atoms with E-state index in [1.54, 1.807) is 12.0 Å². The Hall–Kier alpha value is -2.38. The van der Waals surface area contributed by atoms with E-state index in [0.717, 1.165) is 49.2 Å². The molecule has 3 aliphatic rings. The van der Waals surface area contributed by atoms with Gasteiger partial charge in [-0.1, -0.05) is 25.0 Å². The van der Waals surface area contributed by atoms with Gasteiger partial charge in [-0.15, -0.1) is 0 Å². The van der Waals surface area contributed by atoms with Gasteiger partial charge in [-0.25, -0.2) is 0 Å². The van der Waals surface area contributed by atoms with E-state index in [2.05, 4.69) is 11.0 Å². The number of ether oxygens (including phenoxy) is 1. The molecule has 0 spiro atoms. The van der Waals surface area contributed by atoms with Gasteiger partial charge < -0.3 is 14.7 Å². The fourth-order valence-corrected chi connectivity index (χ4v) is 5.63. The van der Waals surface area contributed by atoms with E-state index in [9.17, 15) is 9.90 Å². The van der Waals surface area contributed by atoms with Crippen molar-refractivity contribution in [1.29, 1.82) is 0 Å². The number of benzene rings is 1. The van der Waals surface area contributed by atoms with Crippen molar-refractivity contribution >= 4 is 5.91 Å². The van der Waals surface area contributed by atoms with E-state index >= 15 is 0 Å². The molecule has 1 amide bonds. The number of carbonyl (C=O) groups is 1. The van der Waals surface area contributed by atoms with Gasteiger partial charge in [0, 0.05) is 49.9 Å². The van der Waals surface area contributed by atoms with Gasteiger partial charge >= 0.3 is 0 Å². The number of aliphatic hydroxyl groups excluding tert-OH is 1. The molecule has 5 rings (SSSR count). The van der Waals surface area contributed by atoms with Crippen molar-refractivity contribution in [2.24, 2.45) is 0 Å². The summed E-state index contributed by atoms with van der Waals surface area (Å²) in [6, 6.07) is 8.67. The molecule has 7 heteroatoms. The van der Waals surface area contributed by atoms with E-state index in [-0.39, 0.29) is 5.91 Å². The van der Waals surface area contributed by atoms with Gasteiger partial charge in [0.1, 0.15) is 5.75 Å². The number of amides is 1. The van der Waals surface area contributed by atoms with Gasteiger partial charge in [-0.3, -0.25) is 14.4 Å². The van der Waals surface area contributed by atoms with Crippen LogP contribution in [0.5, 0.6) is 5.75 Å². The minimum atomic E-state index is -0.433. The molecular formula is C25H34N4O3. The van der Waals surface area contributed by atoms with E-state index in [1.807, 2.05) is 22.9 Å². The lowest BCUT2D eigenvalue weighted by molar-refractivity contribution is 0.0466. The zero-order chi connectivity index (χ0) is 22.1. The first kappa shape index (κ1) is 21.5. The largest absolute Gasteiger partial charge is 0.497 e. The zero-order valence-corrected chi connectivity index (χ0v) is 19.0. The third-order valence-corrected chi connectivity index (χ3v) is 7.36. The highest BCUT2D eigenvalue weighted by molar-refractivity contribution is 5.94. The number of carbonyl (C=O) groups excluding carboxylic acids is 1. The normalized spacial score (nSPS) is 22.2. The maximum atomic E-state index is 13.5. The van der Waals surface area contributed by atoms with Gasteiger partial charge in [0.25, 0.3) is 5.91 Å². The lowest BCUT2D eigenvalue weighted by Crippen LogP contribution is -2.43. The van der Waals surface area contributed by atoms with Crippen LogP contribution in [0, 0.1) is 0 Å². The van der Waals surface area contributed by atoms with Gasteiger partial charge in [0.05, 0.1) is 19.8 Å². The lowest BCUT2D eigenvalue weighted by atomic mass is 10.0. The summed E-state index contributed by atoms with van der Waals surface area (Å²) in [6.45, 7) is 3.55. The molecule has 1 aliphatic carbocycles. The Bertz CT molecular complexity index is 966. The van der Waals surface area contributed by atoms with Crippen molar-refractivity contribution in [3.8, 4) is 5.75 Å². The van der Waals surface area contributed by atoms with Crippen LogP contribution in [0.1, 0.15) is 65.8 Å². The molecule has 2 aliphatic heterocycles. The molecule has 1 aromatic carbocycles. The number of hydrogen-bond acceptors (Lipinski definition) is 5. The molecule has 32 heavy (non-hydrogen) atoms. The SMILES string of the molecule is COc1cccc(Cn2nc(C(=O)N3CCCC(O)C3)c3c2CCN(C2CCCC2)C3)c1. The van der Waals surface area contributed by atoms with E-state index < -0.39 is 6.10 Å². The Balaban J connectivity index is 1.46. The van der Waals surface area contributed by atoms with Crippen molar-refractivity contribution in [3.63, 3.8) is 0 Å². The Morgan fingerprint density at radius 1 is 1.19 bits per heavy atom. The van der Waals surface area contributed by atoms with Crippen LogP contribution in [0.25, 0.3) is 0 Å². The number of nitrogens with zero attached hydrogens (tertiary/aromatic N) is 4. The molecule has 172 valence electrons. The standard InChI is InChI=1S/C25H34N4O3/c1-32-21-10-4-6-18(14-21)15-29-23-11-13-27(19-7-2-3-8-19)17-22(23)24(26-29)25(31)28-12-5-9-20(30)16-28/h4,6,10,14,19-20,30H,2-3,5,7-9,11-13,15-17H2,1H3. The van der Waals surface area contributed by atoms with Crippen LogP contribution < -0.4 is 4.74 Å². The number of fused-ring (bicyclic) bond motifs is 1. The van der Waals surface area contributed by atoms with Crippen molar-refractivity contribution in [2.45, 2.75) is 70.2 Å². The third kappa shape index (κ3) is 4.28. The van der Waals surface area contributed by atoms with Crippen LogP contribution in [0.4, 0.5) is 0 Å². The van der Waals surface area contributed by atoms with Crippen molar-refractivity contribution in [2.75, 3.05) is 26.7 Å². The van der Waals surface area contributed by atoms with Crippen molar-refractivity contribution in [3.05, 3.63) is 46.8 Å². The minimum Gasteiger partial charge on any atom is -0.497 e. The van der Waals surface area contributed by atoms with E-state index in [4.69, 9.17) is 9.84 Å². The van der Waals surface area contributed by atoms with Crippen molar-refractivity contribution in [1.82, 2.24) is 19.6 Å². The number of β-amino-alcohol motifs (C(OH)–C–C–N with tert-alkyl or cyclic N) is 1. The summed E-state index contributed by atoms with van der Waals surface area (Å²) in [7, 11) is 1.68. The highest BCUT2D eigenvalue weighted by Crippen LogP contribution is 2.31. The average Bonchev–Trinajstić information content (AvgIpc) is 3.47. The van der Waals surface area contributed by atoms with E-state index in [1.165, 1.54) is 31.4 Å². The first-order valence-electron chi connectivity index (χ1n) is 12.0. The predicted molar refractivity (Wildman–Crippen MR) is 122 cm³/mol. The highest BCUT2D eigenvalue weighted by Gasteiger charge is 2.34. The van der Waals surface area contributed by atoms with Gasteiger partial charge in [0.2, 0.25) is 0 Å². The second-order valence-electron chi connectivity index (χ2n) is 9.49. The summed E-state index contributed by atoms with van der Waals surface area (Å²) in [4.78, 5) is 17.9. The summed E-state index contributed by atoms with van der Waals surface area (Å²) in [6.07, 6.45) is 7.22. The molecule has 1 N–H and O–H groups in total. The van der Waals surface area contributed by atoms with Crippen LogP contribution >= 0.6 is 0 Å². The molecule has 1 saturated heterocycles. The number of hydrogen-bond donors (Lipinski definition) is 1. The average molecular weight is 439 g/mol. The topological polar surface area (TPSA) is 70.8 Å². The van der Waals surface area contributed by atoms with Crippen LogP contribution in [0.3, 0.4) is 0 Å². The lowest BCUT2D eigenvalue weighted by Gasteiger charge is -2.33. The molecule has 1 aromatic heterocycles. The number of rotatable bonds is 5. The quantitative estimate of drug-likeness (QED) is 0.777. The second-order valence-corrected chi connectivity index (χ2v) is 9.49. The summed E-state index contributed by atoms with van der Waals surface area (Å²) >= 11 is 0. The summed E-state index contributed by atoms with van der Waals surface area (Å²) in [5, 5.41) is 15.0. The molecule has 1 saturated carbocycles. The first-order valence-corrected chi connectivity index (χ1v) is 12.0. The van der Waals surface area contributed by atoms with Crippen LogP contribution in [0.15, 0.2) is 24.3 Å². The van der Waals surface area contributed by atoms with Gasteiger partial charge in [-0.2, -0.15) is 5.10 Å². The maximum absolute atomic E-state index is 13.5. The predicted octanol–water partition coefficient (Wildman–Crippen LogP) is 2.84. The van der Waals surface area contributed by atoms with E-state index in [0.29, 0.717) is 31.4 Å². The van der Waals surface area contributed by atoms with Gasteiger partial charge in [-0.05, 0) is 43.4 Å². The summed E-state index contributed by atoms with van der Waals surface area (Å²) in [5.41, 5.74) is 3.97. The number of methoxy groups -OCH3 is 1. The smallest absolute Gasteiger partial charge is 0.274 e. The minimum absolute atomic E-state index is 0.0299. The fourth-order valence-electron chi connectivity index (χ4n) is 5.63. The van der Waals surface area contributed by atoms with Gasteiger partial charge in [0.15, 0.2) is 5.69 Å². The molecule has 1 atom stereocenters. The van der Waals surface area contributed by atoms with Crippen LogP contribution in [-0.4, -0.2) is 69.5 Å². The molecule has 2 fully saturated rings. The summed E-state index contributed by atoms with van der Waals surface area (Å²) in [5.74, 6) is 0.798. The van der Waals surface area contributed by atoms with Crippen LogP contribution in [0.2, 0.25) is 0 Å². The maximum Gasteiger partial charge on any atom is 0.274 e. The molecule has 1 unspecified atom stereocenters. The number of piperidine rings is 1. The Labute approximate surface area is 190 Å². The fraction of sp³-hybridized carbons (Fsp3) is 0.600. The molecule has 3 heterocycles. The number of likely N-dealkylation sites (tertiary alicyclic amines) is 1. The first-order chi connectivity index (χ1) is 15.6. The molecule has 0 radical (unpaired) electrons. The Kier molecular flexibility index (Phi) is 6.20. The van der Waals surface area contributed by atoms with Crippen LogP contribution in [-0.2, 0) is 19.5 Å². The zero-order valence-electron chi connectivity index (χ0n) is 19.0.